The summed E-state index contributed by atoms with van der Waals surface area (Å²) in [5, 5.41) is 12.7. The van der Waals surface area contributed by atoms with E-state index < -0.39 is 28.9 Å². The van der Waals surface area contributed by atoms with E-state index in [0.29, 0.717) is 16.3 Å². The number of aromatic nitrogens is 3. The van der Waals surface area contributed by atoms with Gasteiger partial charge in [0.1, 0.15) is 0 Å². The Balaban J connectivity index is 2.81. The van der Waals surface area contributed by atoms with E-state index in [2.05, 4.69) is 10.1 Å². The topological polar surface area (TPSA) is 67.5 Å². The van der Waals surface area contributed by atoms with E-state index >= 15 is 0 Å². The van der Waals surface area contributed by atoms with Gasteiger partial charge in [0.25, 0.3) is 0 Å². The van der Waals surface area contributed by atoms with Gasteiger partial charge in [0.2, 0.25) is 0 Å². The Hall–Kier alpha value is -2.12. The normalized spacial score (nSPS) is 12.9. The number of carboxylic acids is 1. The first-order chi connectivity index (χ1) is 9.00. The number of rotatable bonds is 1. The summed E-state index contributed by atoms with van der Waals surface area (Å²) < 4.78 is 39.6. The Labute approximate surface area is 112 Å². The third-order valence-corrected chi connectivity index (χ3v) is 2.71. The molecule has 0 aliphatic rings. The highest BCUT2D eigenvalue weighted by atomic mass is 19.4. The van der Waals surface area contributed by atoms with Crippen LogP contribution in [0.5, 0.6) is 0 Å². The van der Waals surface area contributed by atoms with Crippen LogP contribution in [0.15, 0.2) is 12.1 Å². The molecule has 0 unspecified atom stereocenters. The number of halogens is 3. The van der Waals surface area contributed by atoms with E-state index in [9.17, 15) is 18.0 Å². The average Bonchev–Trinajstić information content (AvgIpc) is 2.68. The Morgan fingerprint density at radius 2 is 1.85 bits per heavy atom. The van der Waals surface area contributed by atoms with Crippen molar-refractivity contribution in [1.29, 1.82) is 0 Å². The molecule has 2 aromatic rings. The fraction of sp³-hybridized carbons (Fsp3) is 0.417. The van der Waals surface area contributed by atoms with Crippen molar-refractivity contribution in [2.75, 3.05) is 0 Å². The number of nitrogens with zero attached hydrogens (tertiary/aromatic N) is 3. The Bertz CT molecular complexity index is 684. The molecule has 1 N–H and O–H groups in total. The maximum Gasteiger partial charge on any atom is 0.433 e. The van der Waals surface area contributed by atoms with E-state index in [1.165, 1.54) is 6.07 Å². The predicted octanol–water partition coefficient (Wildman–Crippen LogP) is 2.74. The van der Waals surface area contributed by atoms with Crippen molar-refractivity contribution in [2.24, 2.45) is 0 Å². The molecule has 20 heavy (non-hydrogen) atoms. The van der Waals surface area contributed by atoms with Crippen LogP contribution in [-0.4, -0.2) is 25.7 Å². The molecule has 0 aliphatic carbocycles. The van der Waals surface area contributed by atoms with E-state index in [1.807, 2.05) is 0 Å². The Kier molecular flexibility index (Phi) is 2.99. The Morgan fingerprint density at radius 3 is 2.30 bits per heavy atom. The number of hydrogen-bond acceptors (Lipinski definition) is 3. The minimum absolute atomic E-state index is 0.137. The molecular weight excluding hydrogens is 275 g/mol. The summed E-state index contributed by atoms with van der Waals surface area (Å²) in [5.74, 6) is -1.52. The van der Waals surface area contributed by atoms with Crippen LogP contribution in [0, 0.1) is 0 Å². The molecule has 0 aromatic carbocycles. The molecule has 0 bridgehead atoms. The van der Waals surface area contributed by atoms with Gasteiger partial charge in [-0.1, -0.05) is 20.8 Å². The smallest absolute Gasteiger partial charge is 0.433 e. The average molecular weight is 287 g/mol. The van der Waals surface area contributed by atoms with Crippen molar-refractivity contribution in [3.8, 4) is 0 Å². The molecule has 0 saturated heterocycles. The number of carbonyl (C=O) groups is 1. The van der Waals surface area contributed by atoms with Gasteiger partial charge in [-0.05, 0) is 0 Å². The van der Waals surface area contributed by atoms with Crippen LogP contribution in [0.4, 0.5) is 13.2 Å². The van der Waals surface area contributed by atoms with Crippen LogP contribution >= 0.6 is 0 Å². The van der Waals surface area contributed by atoms with Crippen LogP contribution < -0.4 is 0 Å². The van der Waals surface area contributed by atoms with Crippen molar-refractivity contribution in [3.05, 3.63) is 29.2 Å². The SMILES string of the molecule is CC(C)(C)c1cc2nc(C(=O)O)cc(C(F)(F)F)n2n1. The quantitative estimate of drug-likeness (QED) is 0.875. The first-order valence-corrected chi connectivity index (χ1v) is 5.72. The van der Waals surface area contributed by atoms with Gasteiger partial charge in [0.05, 0.1) is 5.69 Å². The lowest BCUT2D eigenvalue weighted by Gasteiger charge is -2.14. The highest BCUT2D eigenvalue weighted by molar-refractivity contribution is 5.86. The minimum Gasteiger partial charge on any atom is -0.477 e. The maximum absolute atomic E-state index is 13.0. The van der Waals surface area contributed by atoms with Gasteiger partial charge in [-0.15, -0.1) is 0 Å². The largest absolute Gasteiger partial charge is 0.477 e. The second kappa shape index (κ2) is 4.19. The summed E-state index contributed by atoms with van der Waals surface area (Å²) in [6, 6.07) is 1.84. The highest BCUT2D eigenvalue weighted by Gasteiger charge is 2.36. The third-order valence-electron chi connectivity index (χ3n) is 2.71. The molecule has 5 nitrogen and oxygen atoms in total. The van der Waals surface area contributed by atoms with Crippen LogP contribution in [0.25, 0.3) is 5.65 Å². The first kappa shape index (κ1) is 14.3. The van der Waals surface area contributed by atoms with Crippen LogP contribution in [0.2, 0.25) is 0 Å². The number of alkyl halides is 3. The van der Waals surface area contributed by atoms with Crippen LogP contribution in [-0.2, 0) is 11.6 Å². The molecule has 0 aliphatic heterocycles. The molecule has 2 rings (SSSR count). The summed E-state index contributed by atoms with van der Waals surface area (Å²) in [5.41, 5.74) is -2.03. The molecular formula is C12H12F3N3O2. The van der Waals surface area contributed by atoms with Gasteiger partial charge in [0.15, 0.2) is 17.0 Å². The summed E-state index contributed by atoms with van der Waals surface area (Å²) >= 11 is 0. The van der Waals surface area contributed by atoms with Gasteiger partial charge in [0, 0.05) is 17.5 Å². The maximum atomic E-state index is 13.0. The second-order valence-corrected chi connectivity index (χ2v) is 5.38. The standard InChI is InChI=1S/C12H12F3N3O2/c1-11(2,3)7-5-9-16-6(10(19)20)4-8(12(13,14)15)18(9)17-7/h4-5H,1-3H3,(H,19,20). The van der Waals surface area contributed by atoms with E-state index in [0.717, 1.165) is 0 Å². The van der Waals surface area contributed by atoms with Gasteiger partial charge < -0.3 is 5.11 Å². The van der Waals surface area contributed by atoms with Crippen molar-refractivity contribution in [1.82, 2.24) is 14.6 Å². The molecule has 2 heterocycles. The first-order valence-electron chi connectivity index (χ1n) is 5.72. The number of hydrogen-bond donors (Lipinski definition) is 1. The van der Waals surface area contributed by atoms with Gasteiger partial charge in [-0.25, -0.2) is 14.3 Å². The van der Waals surface area contributed by atoms with Crippen molar-refractivity contribution >= 4 is 11.6 Å². The minimum atomic E-state index is -4.72. The molecule has 0 amide bonds. The van der Waals surface area contributed by atoms with Gasteiger partial charge in [-0.2, -0.15) is 18.3 Å². The second-order valence-electron chi connectivity index (χ2n) is 5.38. The Morgan fingerprint density at radius 1 is 1.25 bits per heavy atom. The molecule has 8 heteroatoms. The van der Waals surface area contributed by atoms with Gasteiger partial charge >= 0.3 is 12.1 Å². The van der Waals surface area contributed by atoms with Crippen molar-refractivity contribution in [2.45, 2.75) is 32.4 Å². The predicted molar refractivity (Wildman–Crippen MR) is 63.6 cm³/mol. The molecule has 108 valence electrons. The van der Waals surface area contributed by atoms with E-state index in [4.69, 9.17) is 5.11 Å². The lowest BCUT2D eigenvalue weighted by Crippen LogP contribution is -2.17. The highest BCUT2D eigenvalue weighted by Crippen LogP contribution is 2.31. The molecule has 0 saturated carbocycles. The van der Waals surface area contributed by atoms with E-state index in [1.54, 1.807) is 20.8 Å². The molecule has 2 aromatic heterocycles. The molecule has 0 atom stereocenters. The van der Waals surface area contributed by atoms with Crippen molar-refractivity contribution < 1.29 is 23.1 Å². The number of aromatic carboxylic acids is 1. The molecule has 0 radical (unpaired) electrons. The monoisotopic (exact) mass is 287 g/mol. The summed E-state index contributed by atoms with van der Waals surface area (Å²) in [6.07, 6.45) is -4.72. The summed E-state index contributed by atoms with van der Waals surface area (Å²) in [4.78, 5) is 14.6. The summed E-state index contributed by atoms with van der Waals surface area (Å²) in [6.45, 7) is 5.38. The third kappa shape index (κ3) is 2.45. The fourth-order valence-electron chi connectivity index (χ4n) is 1.65. The molecule has 0 spiro atoms. The number of carboxylic acid groups (broad SMARTS) is 1. The van der Waals surface area contributed by atoms with E-state index in [-0.39, 0.29) is 5.65 Å². The zero-order valence-electron chi connectivity index (χ0n) is 11.0. The van der Waals surface area contributed by atoms with Crippen molar-refractivity contribution in [3.63, 3.8) is 0 Å². The zero-order chi connectivity index (χ0) is 15.3. The lowest BCUT2D eigenvalue weighted by molar-refractivity contribution is -0.142. The van der Waals surface area contributed by atoms with Crippen LogP contribution in [0.1, 0.15) is 42.6 Å². The fourth-order valence-corrected chi connectivity index (χ4v) is 1.65. The van der Waals surface area contributed by atoms with Gasteiger partial charge in [-0.3, -0.25) is 0 Å². The number of fused-ring (bicyclic) bond motifs is 1. The van der Waals surface area contributed by atoms with Crippen LogP contribution in [0.3, 0.4) is 0 Å². The summed E-state index contributed by atoms with van der Waals surface area (Å²) in [7, 11) is 0. The zero-order valence-corrected chi connectivity index (χ0v) is 11.0. The molecule has 0 fully saturated rings. The lowest BCUT2D eigenvalue weighted by atomic mass is 9.93.